The van der Waals surface area contributed by atoms with Crippen molar-refractivity contribution < 1.29 is 40.8 Å². The Labute approximate surface area is 234 Å². The number of aliphatic hydroxyl groups is 1. The van der Waals surface area contributed by atoms with Crippen molar-refractivity contribution in [3.05, 3.63) is 61.6 Å². The molecular weight excluding hydrogens is 595 g/mol. The first-order valence-electron chi connectivity index (χ1n) is 12.0. The number of alkyl halides is 3. The molecule has 0 spiro atoms. The molecule has 40 heavy (non-hydrogen) atoms. The van der Waals surface area contributed by atoms with Crippen LogP contribution in [0.4, 0.5) is 19.0 Å². The van der Waals surface area contributed by atoms with Gasteiger partial charge in [-0.05, 0) is 25.8 Å². The molecule has 1 aliphatic heterocycles. The van der Waals surface area contributed by atoms with E-state index in [1.54, 1.807) is 13.0 Å². The Balaban J connectivity index is 1.35. The summed E-state index contributed by atoms with van der Waals surface area (Å²) in [6.45, 7) is 3.08. The van der Waals surface area contributed by atoms with Crippen LogP contribution in [0.1, 0.15) is 60.2 Å². The number of rotatable bonds is 8. The zero-order valence-electron chi connectivity index (χ0n) is 20.7. The highest BCUT2D eigenvalue weighted by Gasteiger charge is 2.39. The minimum atomic E-state index is -4.56. The van der Waals surface area contributed by atoms with Gasteiger partial charge in [0, 0.05) is 46.4 Å². The van der Waals surface area contributed by atoms with E-state index in [0.29, 0.717) is 44.4 Å². The zero-order valence-corrected chi connectivity index (χ0v) is 23.1. The number of fused-ring (bicyclic) bond motifs is 1. The first-order chi connectivity index (χ1) is 18.8. The number of thiazole rings is 1. The number of aliphatic hydroxyl groups excluding tert-OH is 1. The topological polar surface area (TPSA) is 164 Å². The Morgan fingerprint density at radius 1 is 1.27 bits per heavy atom. The molecule has 5 rings (SSSR count). The lowest BCUT2D eigenvalue weighted by Crippen LogP contribution is -2.27. The van der Waals surface area contributed by atoms with Crippen LogP contribution in [0.3, 0.4) is 0 Å². The number of nitrogens with one attached hydrogen (secondary N) is 2. The second kappa shape index (κ2) is 11.0. The SMILES string of the molecule is Cc1sc(C(=O)c2cncnc2N[C@H]2C[C@H](O)[C@@H]([CH]NS(=O)(=O)O)C2)cc1[C@H]1OCCc2sc(C(F)(F)F)nc21. The highest BCUT2D eigenvalue weighted by atomic mass is 32.2. The lowest BCUT2D eigenvalue weighted by molar-refractivity contribution is -0.137. The van der Waals surface area contributed by atoms with Crippen molar-refractivity contribution in [2.75, 3.05) is 11.9 Å². The molecule has 0 saturated heterocycles. The summed E-state index contributed by atoms with van der Waals surface area (Å²) >= 11 is 1.77. The van der Waals surface area contributed by atoms with Crippen LogP contribution in [0.15, 0.2) is 18.6 Å². The molecule has 1 saturated carbocycles. The number of carbonyl (C=O) groups excluding carboxylic acids is 1. The fourth-order valence-corrected chi connectivity index (χ4v) is 7.06. The van der Waals surface area contributed by atoms with Crippen LogP contribution in [0.5, 0.6) is 0 Å². The Hall–Kier alpha value is -2.54. The van der Waals surface area contributed by atoms with Crippen molar-refractivity contribution >= 4 is 44.6 Å². The summed E-state index contributed by atoms with van der Waals surface area (Å²) in [6, 6.07) is 1.22. The first-order valence-corrected chi connectivity index (χ1v) is 15.0. The number of halogens is 3. The molecule has 4 atom stereocenters. The number of anilines is 1. The third-order valence-electron chi connectivity index (χ3n) is 6.60. The van der Waals surface area contributed by atoms with Gasteiger partial charge in [0.25, 0.3) is 0 Å². The number of thiophene rings is 1. The van der Waals surface area contributed by atoms with Crippen molar-refractivity contribution in [1.29, 1.82) is 0 Å². The fraction of sp³-hybridized carbons (Fsp3) is 0.435. The number of nitrogens with zero attached hydrogens (tertiary/aromatic N) is 3. The van der Waals surface area contributed by atoms with Gasteiger partial charge in [-0.1, -0.05) is 0 Å². The number of ether oxygens (including phenoxy) is 1. The number of aromatic nitrogens is 3. The van der Waals surface area contributed by atoms with Gasteiger partial charge in [-0.3, -0.25) is 9.35 Å². The Kier molecular flexibility index (Phi) is 7.99. The van der Waals surface area contributed by atoms with E-state index in [0.717, 1.165) is 6.54 Å². The van der Waals surface area contributed by atoms with Gasteiger partial charge in [-0.25, -0.2) is 15.0 Å². The normalized spacial score (nSPS) is 23.2. The van der Waals surface area contributed by atoms with Crippen LogP contribution in [0.25, 0.3) is 0 Å². The van der Waals surface area contributed by atoms with Gasteiger partial charge in [0.2, 0.25) is 5.78 Å². The van der Waals surface area contributed by atoms with Gasteiger partial charge in [-0.15, -0.1) is 22.7 Å². The molecular formula is C23H23F3N5O6S3. The third kappa shape index (κ3) is 6.19. The molecule has 0 unspecified atom stereocenters. The smallest absolute Gasteiger partial charge is 0.393 e. The van der Waals surface area contributed by atoms with E-state index in [1.807, 2.05) is 4.72 Å². The lowest BCUT2D eigenvalue weighted by Gasteiger charge is -2.22. The maximum Gasteiger partial charge on any atom is 0.443 e. The number of hydrogen-bond donors (Lipinski definition) is 4. The maximum atomic E-state index is 13.5. The monoisotopic (exact) mass is 618 g/mol. The predicted molar refractivity (Wildman–Crippen MR) is 138 cm³/mol. The summed E-state index contributed by atoms with van der Waals surface area (Å²) in [5.74, 6) is -0.798. The molecule has 0 aromatic carbocycles. The Morgan fingerprint density at radius 2 is 2.05 bits per heavy atom. The molecule has 17 heteroatoms. The quantitative estimate of drug-likeness (QED) is 0.218. The number of carbonyl (C=O) groups is 1. The summed E-state index contributed by atoms with van der Waals surface area (Å²) in [6.07, 6.45) is -2.87. The minimum Gasteiger partial charge on any atom is -0.393 e. The molecule has 3 aromatic heterocycles. The average Bonchev–Trinajstić information content (AvgIpc) is 3.58. The molecule has 4 N–H and O–H groups in total. The van der Waals surface area contributed by atoms with Gasteiger partial charge in [0.15, 0.2) is 5.01 Å². The van der Waals surface area contributed by atoms with Crippen molar-refractivity contribution in [1.82, 2.24) is 19.7 Å². The second-order valence-electron chi connectivity index (χ2n) is 9.37. The van der Waals surface area contributed by atoms with Gasteiger partial charge in [0.05, 0.1) is 28.8 Å². The van der Waals surface area contributed by atoms with Gasteiger partial charge < -0.3 is 15.2 Å². The summed E-state index contributed by atoms with van der Waals surface area (Å²) in [4.78, 5) is 27.0. The highest BCUT2D eigenvalue weighted by molar-refractivity contribution is 7.83. The van der Waals surface area contributed by atoms with Crippen molar-refractivity contribution in [3.8, 4) is 0 Å². The van der Waals surface area contributed by atoms with E-state index in [-0.39, 0.29) is 36.1 Å². The number of hydrogen-bond acceptors (Lipinski definition) is 11. The molecule has 0 bridgehead atoms. The molecule has 1 fully saturated rings. The minimum absolute atomic E-state index is 0.145. The fourth-order valence-electron chi connectivity index (χ4n) is 4.78. The van der Waals surface area contributed by atoms with E-state index in [9.17, 15) is 31.5 Å². The number of aryl methyl sites for hydroxylation is 1. The van der Waals surface area contributed by atoms with Crippen LogP contribution in [0.2, 0.25) is 0 Å². The van der Waals surface area contributed by atoms with E-state index in [4.69, 9.17) is 9.29 Å². The Bertz CT molecular complexity index is 1530. The van der Waals surface area contributed by atoms with Crippen LogP contribution in [-0.2, 0) is 27.6 Å². The van der Waals surface area contributed by atoms with E-state index >= 15 is 0 Å². The van der Waals surface area contributed by atoms with E-state index in [2.05, 4.69) is 20.3 Å². The van der Waals surface area contributed by atoms with Crippen LogP contribution < -0.4 is 10.0 Å². The van der Waals surface area contributed by atoms with E-state index in [1.165, 1.54) is 23.9 Å². The first kappa shape index (κ1) is 29.0. The Morgan fingerprint density at radius 3 is 2.77 bits per heavy atom. The molecule has 1 radical (unpaired) electrons. The third-order valence-corrected chi connectivity index (χ3v) is 9.27. The maximum absolute atomic E-state index is 13.5. The summed E-state index contributed by atoms with van der Waals surface area (Å²) < 4.78 is 78.3. The van der Waals surface area contributed by atoms with Crippen molar-refractivity contribution in [2.45, 2.75) is 50.6 Å². The molecule has 1 aliphatic carbocycles. The van der Waals surface area contributed by atoms with Crippen LogP contribution in [0, 0.1) is 19.4 Å². The average molecular weight is 619 g/mol. The van der Waals surface area contributed by atoms with E-state index < -0.39 is 45.4 Å². The largest absolute Gasteiger partial charge is 0.443 e. The van der Waals surface area contributed by atoms with Crippen LogP contribution >= 0.6 is 22.7 Å². The van der Waals surface area contributed by atoms with Gasteiger partial charge in [-0.2, -0.15) is 26.3 Å². The van der Waals surface area contributed by atoms with Crippen molar-refractivity contribution in [2.24, 2.45) is 5.92 Å². The van der Waals surface area contributed by atoms with Crippen molar-refractivity contribution in [3.63, 3.8) is 0 Å². The molecule has 3 aromatic rings. The summed E-state index contributed by atoms with van der Waals surface area (Å²) in [5, 5.41) is 12.5. The van der Waals surface area contributed by atoms with Gasteiger partial charge in [0.1, 0.15) is 18.2 Å². The molecule has 4 heterocycles. The second-order valence-corrected chi connectivity index (χ2v) is 12.9. The zero-order chi connectivity index (χ0) is 28.8. The number of ketones is 1. The molecule has 11 nitrogen and oxygen atoms in total. The summed E-state index contributed by atoms with van der Waals surface area (Å²) in [7, 11) is -4.46. The van der Waals surface area contributed by atoms with Crippen LogP contribution in [-0.4, -0.2) is 57.6 Å². The molecule has 215 valence electrons. The standard InChI is InChI=1S/C23H23F3N5O6S3/c1-10-13(20-18-16(2-3-37-20)39-22(31-18)23(24,25)26)6-17(38-10)19(33)14-8-27-9-28-21(14)30-12-4-11(15(32)5-12)7-29-40(34,35)36/h6-9,11-12,15,20,29,32H,2-5H2,1H3,(H,27,28,30)(H,34,35,36)/t11-,12-,15+,20-/m1/s1. The highest BCUT2D eigenvalue weighted by Crippen LogP contribution is 2.43. The molecule has 2 aliphatic rings. The van der Waals surface area contributed by atoms with Gasteiger partial charge >= 0.3 is 16.5 Å². The molecule has 0 amide bonds. The predicted octanol–water partition coefficient (Wildman–Crippen LogP) is 3.32. The summed E-state index contributed by atoms with van der Waals surface area (Å²) in [5.41, 5.74) is 0.915. The lowest BCUT2D eigenvalue weighted by atomic mass is 10.0.